The molecule has 7 heteroatoms. The van der Waals surface area contributed by atoms with Gasteiger partial charge in [0.1, 0.15) is 0 Å². The highest BCUT2D eigenvalue weighted by molar-refractivity contribution is 7.91. The van der Waals surface area contributed by atoms with Gasteiger partial charge in [-0.3, -0.25) is 9.59 Å². The first kappa shape index (κ1) is 20.3. The molecule has 1 atom stereocenters. The number of carbonyl (C=O) groups is 2. The van der Waals surface area contributed by atoms with Crippen molar-refractivity contribution in [2.24, 2.45) is 23.2 Å². The molecule has 4 bridgehead atoms. The molecule has 1 aromatic rings. The lowest BCUT2D eigenvalue weighted by molar-refractivity contribution is -0.170. The molecule has 1 aliphatic heterocycles. The van der Waals surface area contributed by atoms with Crippen LogP contribution in [0.4, 0.5) is 0 Å². The fourth-order valence-corrected chi connectivity index (χ4v) is 9.02. The van der Waals surface area contributed by atoms with Crippen LogP contribution < -0.4 is 0 Å². The molecule has 6 rings (SSSR count). The summed E-state index contributed by atoms with van der Waals surface area (Å²) < 4.78 is 31.3. The average molecular weight is 434 g/mol. The second-order valence-electron chi connectivity index (χ2n) is 10.4. The lowest BCUT2D eigenvalue weighted by atomic mass is 9.49. The van der Waals surface area contributed by atoms with Crippen LogP contribution in [0.3, 0.4) is 0 Å². The fraction of sp³-hybridized carbons (Fsp3) is 0.739. The Morgan fingerprint density at radius 2 is 1.70 bits per heavy atom. The molecule has 0 unspecified atom stereocenters. The lowest BCUT2D eigenvalue weighted by Crippen LogP contribution is -2.50. The second-order valence-corrected chi connectivity index (χ2v) is 12.6. The molecule has 2 heterocycles. The number of aryl methyl sites for hydroxylation is 1. The van der Waals surface area contributed by atoms with Crippen LogP contribution in [0.2, 0.25) is 0 Å². The highest BCUT2D eigenvalue weighted by atomic mass is 32.2. The Balaban J connectivity index is 1.27. The van der Waals surface area contributed by atoms with Crippen molar-refractivity contribution >= 4 is 21.6 Å². The Morgan fingerprint density at radius 1 is 1.10 bits per heavy atom. The first-order chi connectivity index (χ1) is 14.2. The molecule has 0 radical (unpaired) electrons. The molecule has 1 saturated heterocycles. The van der Waals surface area contributed by atoms with Gasteiger partial charge in [0.15, 0.2) is 16.4 Å². The first-order valence-electron chi connectivity index (χ1n) is 11.2. The maximum Gasteiger partial charge on any atom is 0.312 e. The predicted octanol–water partition coefficient (Wildman–Crippen LogP) is 3.41. The van der Waals surface area contributed by atoms with Gasteiger partial charge in [-0.05, 0) is 82.6 Å². The molecule has 1 aromatic heterocycles. The zero-order valence-electron chi connectivity index (χ0n) is 17.9. The molecule has 0 N–H and O–H groups in total. The maximum absolute atomic E-state index is 13.0. The molecule has 4 aliphatic carbocycles. The monoisotopic (exact) mass is 433 g/mol. The third-order valence-corrected chi connectivity index (χ3v) is 9.91. The highest BCUT2D eigenvalue weighted by Gasteiger charge is 2.55. The largest absolute Gasteiger partial charge is 0.457 e. The number of ketones is 1. The van der Waals surface area contributed by atoms with Crippen molar-refractivity contribution in [3.05, 3.63) is 23.0 Å². The number of ether oxygens (including phenoxy) is 1. The summed E-state index contributed by atoms with van der Waals surface area (Å²) in [4.78, 5) is 25.9. The van der Waals surface area contributed by atoms with Crippen molar-refractivity contribution in [2.75, 3.05) is 18.1 Å². The summed E-state index contributed by atoms with van der Waals surface area (Å²) in [6.07, 6.45) is 7.13. The van der Waals surface area contributed by atoms with Gasteiger partial charge in [-0.1, -0.05) is 0 Å². The van der Waals surface area contributed by atoms with Crippen LogP contribution in [0.1, 0.15) is 72.7 Å². The molecule has 0 amide bonds. The topological polar surface area (TPSA) is 82.4 Å². The zero-order valence-corrected chi connectivity index (χ0v) is 18.7. The second kappa shape index (κ2) is 6.94. The highest BCUT2D eigenvalue weighted by Crippen LogP contribution is 2.60. The van der Waals surface area contributed by atoms with Crippen LogP contribution in [0.15, 0.2) is 6.07 Å². The normalized spacial score (nSPS) is 36.2. The molecule has 0 spiro atoms. The van der Waals surface area contributed by atoms with E-state index in [1.807, 2.05) is 18.4 Å². The molecular formula is C23H31NO5S. The van der Waals surface area contributed by atoms with Crippen molar-refractivity contribution in [2.45, 2.75) is 64.8 Å². The number of Topliss-reactive ketones (excluding diaryl/α,β-unsaturated/α-hetero) is 1. The Labute approximate surface area is 178 Å². The Hall–Kier alpha value is -1.63. The van der Waals surface area contributed by atoms with E-state index < -0.39 is 9.84 Å². The summed E-state index contributed by atoms with van der Waals surface area (Å²) in [5.41, 5.74) is 1.83. The van der Waals surface area contributed by atoms with Crippen molar-refractivity contribution in [1.29, 1.82) is 0 Å². The van der Waals surface area contributed by atoms with Gasteiger partial charge in [-0.2, -0.15) is 0 Å². The number of aromatic nitrogens is 1. The summed E-state index contributed by atoms with van der Waals surface area (Å²) in [5.74, 6) is 1.90. The fourth-order valence-electron chi connectivity index (χ4n) is 7.32. The third kappa shape index (κ3) is 3.33. The van der Waals surface area contributed by atoms with Gasteiger partial charge in [-0.15, -0.1) is 0 Å². The van der Waals surface area contributed by atoms with Gasteiger partial charge in [0.05, 0.1) is 16.9 Å². The van der Waals surface area contributed by atoms with E-state index in [-0.39, 0.29) is 41.3 Å². The van der Waals surface area contributed by atoms with E-state index >= 15 is 0 Å². The smallest absolute Gasteiger partial charge is 0.312 e. The minimum atomic E-state index is -3.01. The van der Waals surface area contributed by atoms with Crippen LogP contribution >= 0.6 is 0 Å². The average Bonchev–Trinajstić information content (AvgIpc) is 3.16. The Bertz CT molecular complexity index is 970. The summed E-state index contributed by atoms with van der Waals surface area (Å²) in [6, 6.07) is 1.69. The number of sulfone groups is 1. The van der Waals surface area contributed by atoms with E-state index in [1.165, 1.54) is 19.3 Å². The summed E-state index contributed by atoms with van der Waals surface area (Å²) in [5, 5.41) is 0. The number of hydrogen-bond acceptors (Lipinski definition) is 5. The molecular weight excluding hydrogens is 402 g/mol. The lowest BCUT2D eigenvalue weighted by Gasteiger charge is -2.55. The summed E-state index contributed by atoms with van der Waals surface area (Å²) in [7, 11) is -3.01. The zero-order chi connectivity index (χ0) is 21.3. The van der Waals surface area contributed by atoms with Crippen LogP contribution in [-0.4, -0.2) is 42.9 Å². The van der Waals surface area contributed by atoms with E-state index in [2.05, 4.69) is 0 Å². The predicted molar refractivity (Wildman–Crippen MR) is 112 cm³/mol. The number of carbonyl (C=O) groups excluding carboxylic acids is 2. The van der Waals surface area contributed by atoms with Gasteiger partial charge in [0, 0.05) is 23.0 Å². The van der Waals surface area contributed by atoms with Crippen LogP contribution in [0, 0.1) is 37.0 Å². The Morgan fingerprint density at radius 3 is 2.23 bits per heavy atom. The number of rotatable bonds is 5. The number of hydrogen-bond donors (Lipinski definition) is 0. The van der Waals surface area contributed by atoms with Gasteiger partial charge in [-0.25, -0.2) is 8.42 Å². The van der Waals surface area contributed by atoms with Crippen LogP contribution in [0.25, 0.3) is 0 Å². The van der Waals surface area contributed by atoms with Crippen molar-refractivity contribution in [3.8, 4) is 0 Å². The molecule has 5 fully saturated rings. The molecule has 5 aliphatic rings. The van der Waals surface area contributed by atoms with Crippen LogP contribution in [-0.2, 0) is 19.4 Å². The van der Waals surface area contributed by atoms with Gasteiger partial charge >= 0.3 is 5.97 Å². The number of nitrogens with zero attached hydrogens (tertiary/aromatic N) is 1. The van der Waals surface area contributed by atoms with E-state index in [1.54, 1.807) is 6.07 Å². The summed E-state index contributed by atoms with van der Waals surface area (Å²) >= 11 is 0. The minimum Gasteiger partial charge on any atom is -0.457 e. The van der Waals surface area contributed by atoms with Gasteiger partial charge in [0.25, 0.3) is 0 Å². The van der Waals surface area contributed by atoms with Gasteiger partial charge < -0.3 is 9.30 Å². The third-order valence-electron chi connectivity index (χ3n) is 8.16. The van der Waals surface area contributed by atoms with E-state index in [0.717, 1.165) is 30.7 Å². The summed E-state index contributed by atoms with van der Waals surface area (Å²) in [6.45, 7) is 3.52. The molecule has 6 nitrogen and oxygen atoms in total. The van der Waals surface area contributed by atoms with Crippen molar-refractivity contribution in [1.82, 2.24) is 4.57 Å². The minimum absolute atomic E-state index is 0.119. The SMILES string of the molecule is Cc1cc(C(=O)COC(=O)C23CC4CC(CC(C4)C2)C3)c(C)n1[C@@H]1CCS(=O)(=O)C1. The van der Waals surface area contributed by atoms with Crippen LogP contribution in [0.5, 0.6) is 0 Å². The quantitative estimate of drug-likeness (QED) is 0.525. The number of esters is 1. The maximum atomic E-state index is 13.0. The van der Waals surface area contributed by atoms with Crippen molar-refractivity contribution < 1.29 is 22.7 Å². The van der Waals surface area contributed by atoms with E-state index in [4.69, 9.17) is 4.74 Å². The van der Waals surface area contributed by atoms with E-state index in [9.17, 15) is 18.0 Å². The van der Waals surface area contributed by atoms with E-state index in [0.29, 0.717) is 29.7 Å². The molecule has 30 heavy (non-hydrogen) atoms. The molecule has 0 aromatic carbocycles. The molecule has 4 saturated carbocycles. The first-order valence-corrected chi connectivity index (χ1v) is 13.1. The standard InChI is InChI=1S/C23H31NO5S/c1-14-5-20(15(2)24(14)19-3-4-30(27,28)13-19)21(25)12-29-22(26)23-9-16-6-17(10-23)8-18(7-16)11-23/h5,16-19H,3-4,6-13H2,1-2H3/t16?,17?,18?,19-,23?/m1/s1. The van der Waals surface area contributed by atoms with Crippen molar-refractivity contribution in [3.63, 3.8) is 0 Å². The molecule has 164 valence electrons. The Kier molecular flexibility index (Phi) is 4.69. The van der Waals surface area contributed by atoms with Gasteiger partial charge in [0.2, 0.25) is 5.78 Å².